The van der Waals surface area contributed by atoms with Crippen LogP contribution < -0.4 is 4.90 Å². The van der Waals surface area contributed by atoms with Crippen molar-refractivity contribution in [3.05, 3.63) is 70.5 Å². The zero-order valence-corrected chi connectivity index (χ0v) is 15.6. The molecular formula is C21H17F4NO3. The molecule has 0 saturated heterocycles. The smallest absolute Gasteiger partial charge is 0.416 e. The second kappa shape index (κ2) is 7.69. The number of hydrogen-bond acceptors (Lipinski definition) is 3. The van der Waals surface area contributed by atoms with E-state index in [0.29, 0.717) is 11.1 Å². The summed E-state index contributed by atoms with van der Waals surface area (Å²) in [5.74, 6) is -1.93. The first kappa shape index (κ1) is 20.6. The van der Waals surface area contributed by atoms with Gasteiger partial charge in [-0.15, -0.1) is 0 Å². The molecule has 0 fully saturated rings. The summed E-state index contributed by atoms with van der Waals surface area (Å²) in [6, 6.07) is 7.09. The third-order valence-electron chi connectivity index (χ3n) is 4.54. The van der Waals surface area contributed by atoms with Gasteiger partial charge >= 0.3 is 12.1 Å². The number of rotatable bonds is 4. The second-order valence-corrected chi connectivity index (χ2v) is 6.50. The molecule has 152 valence electrons. The van der Waals surface area contributed by atoms with Gasteiger partial charge in [0, 0.05) is 17.3 Å². The molecule has 0 spiro atoms. The van der Waals surface area contributed by atoms with E-state index in [0.717, 1.165) is 17.0 Å². The Labute approximate surface area is 164 Å². The molecule has 1 aliphatic rings. The third-order valence-corrected chi connectivity index (χ3v) is 4.54. The molecule has 8 heteroatoms. The predicted molar refractivity (Wildman–Crippen MR) is 98.6 cm³/mol. The summed E-state index contributed by atoms with van der Waals surface area (Å²) in [5, 5.41) is 0. The quantitative estimate of drug-likeness (QED) is 0.408. The molecular weight excluding hydrogens is 390 g/mol. The van der Waals surface area contributed by atoms with Gasteiger partial charge in [-0.2, -0.15) is 13.2 Å². The number of benzene rings is 2. The molecule has 2 aromatic rings. The average Bonchev–Trinajstić information content (AvgIpc) is 2.97. The molecule has 0 N–H and O–H groups in total. The summed E-state index contributed by atoms with van der Waals surface area (Å²) >= 11 is 0. The summed E-state index contributed by atoms with van der Waals surface area (Å²) in [6.45, 7) is 3.07. The molecule has 1 amide bonds. The number of nitrogens with zero attached hydrogens (tertiary/aromatic N) is 1. The maximum Gasteiger partial charge on any atom is 0.416 e. The fraction of sp³-hybridized carbons (Fsp3) is 0.238. The van der Waals surface area contributed by atoms with E-state index in [-0.39, 0.29) is 30.0 Å². The summed E-state index contributed by atoms with van der Waals surface area (Å²) in [4.78, 5) is 25.4. The Morgan fingerprint density at radius 3 is 2.62 bits per heavy atom. The van der Waals surface area contributed by atoms with Crippen LogP contribution in [0.15, 0.2) is 42.5 Å². The molecule has 0 bridgehead atoms. The summed E-state index contributed by atoms with van der Waals surface area (Å²) in [6.07, 6.45) is -3.42. The van der Waals surface area contributed by atoms with Gasteiger partial charge in [-0.05, 0) is 60.9 Å². The zero-order chi connectivity index (χ0) is 21.3. The van der Waals surface area contributed by atoms with Gasteiger partial charge in [0.1, 0.15) is 5.82 Å². The van der Waals surface area contributed by atoms with Crippen LogP contribution in [0.2, 0.25) is 0 Å². The first-order valence-electron chi connectivity index (χ1n) is 8.78. The Kier molecular flexibility index (Phi) is 5.46. The molecule has 2 aromatic carbocycles. The molecule has 3 rings (SSSR count). The van der Waals surface area contributed by atoms with Crippen molar-refractivity contribution >= 4 is 23.1 Å². The van der Waals surface area contributed by atoms with Crippen molar-refractivity contribution < 1.29 is 31.9 Å². The van der Waals surface area contributed by atoms with Crippen LogP contribution in [-0.2, 0) is 22.3 Å². The van der Waals surface area contributed by atoms with E-state index >= 15 is 0 Å². The lowest BCUT2D eigenvalue weighted by Crippen LogP contribution is -2.23. The first-order valence-corrected chi connectivity index (χ1v) is 8.78. The van der Waals surface area contributed by atoms with Gasteiger partial charge < -0.3 is 9.64 Å². The second-order valence-electron chi connectivity index (χ2n) is 6.50. The van der Waals surface area contributed by atoms with Crippen LogP contribution in [0.5, 0.6) is 0 Å². The van der Waals surface area contributed by atoms with Crippen LogP contribution in [0.1, 0.15) is 40.9 Å². The molecule has 0 radical (unpaired) electrons. The van der Waals surface area contributed by atoms with E-state index in [4.69, 9.17) is 4.74 Å². The van der Waals surface area contributed by atoms with E-state index in [1.807, 2.05) is 0 Å². The van der Waals surface area contributed by atoms with Crippen molar-refractivity contribution in [1.29, 1.82) is 0 Å². The minimum atomic E-state index is -4.60. The standard InChI is InChI=1S/C21H17F4NO3/c1-3-29-19(27)7-12(2)13-8-14(22)10-15(9-13)26-11-17-16(20(26)28)5-4-6-18(17)21(23,24)25/h4-10H,3,11H2,1-2H3/b12-7+. The average molecular weight is 407 g/mol. The monoisotopic (exact) mass is 407 g/mol. The van der Waals surface area contributed by atoms with Crippen LogP contribution >= 0.6 is 0 Å². The normalized spacial score (nSPS) is 14.2. The summed E-state index contributed by atoms with van der Waals surface area (Å²) in [5.41, 5.74) is -0.289. The van der Waals surface area contributed by atoms with Crippen molar-refractivity contribution in [2.75, 3.05) is 11.5 Å². The zero-order valence-electron chi connectivity index (χ0n) is 15.6. The lowest BCUT2D eigenvalue weighted by Gasteiger charge is -2.18. The number of alkyl halides is 3. The van der Waals surface area contributed by atoms with Crippen molar-refractivity contribution in [2.24, 2.45) is 0 Å². The van der Waals surface area contributed by atoms with Crippen molar-refractivity contribution in [3.63, 3.8) is 0 Å². The van der Waals surface area contributed by atoms with Gasteiger partial charge in [0.25, 0.3) is 5.91 Å². The molecule has 0 saturated carbocycles. The third kappa shape index (κ3) is 4.16. The van der Waals surface area contributed by atoms with Gasteiger partial charge in [0.2, 0.25) is 0 Å². The predicted octanol–water partition coefficient (Wildman–Crippen LogP) is 4.97. The fourth-order valence-electron chi connectivity index (χ4n) is 3.21. The van der Waals surface area contributed by atoms with Gasteiger partial charge in [-0.1, -0.05) is 6.07 Å². The van der Waals surface area contributed by atoms with E-state index in [1.54, 1.807) is 13.8 Å². The SMILES string of the molecule is CCOC(=O)/C=C(\C)c1cc(F)cc(N2Cc3c(cccc3C(F)(F)F)C2=O)c1. The molecule has 0 aromatic heterocycles. The first-order chi connectivity index (χ1) is 13.6. The molecule has 1 aliphatic heterocycles. The minimum Gasteiger partial charge on any atom is -0.463 e. The highest BCUT2D eigenvalue weighted by Gasteiger charge is 2.39. The highest BCUT2D eigenvalue weighted by Crippen LogP contribution is 2.39. The number of halogens is 4. The van der Waals surface area contributed by atoms with Crippen LogP contribution in [0.25, 0.3) is 5.57 Å². The van der Waals surface area contributed by atoms with E-state index < -0.39 is 29.4 Å². The van der Waals surface area contributed by atoms with E-state index in [1.165, 1.54) is 30.3 Å². The van der Waals surface area contributed by atoms with Gasteiger partial charge in [-0.3, -0.25) is 4.79 Å². The number of amides is 1. The number of carbonyl (C=O) groups excluding carboxylic acids is 2. The maximum absolute atomic E-state index is 14.2. The lowest BCUT2D eigenvalue weighted by molar-refractivity contribution is -0.138. The maximum atomic E-state index is 14.2. The Hall–Kier alpha value is -3.16. The number of anilines is 1. The number of hydrogen-bond donors (Lipinski definition) is 0. The lowest BCUT2D eigenvalue weighted by atomic mass is 10.0. The Morgan fingerprint density at radius 2 is 1.97 bits per heavy atom. The Morgan fingerprint density at radius 1 is 1.24 bits per heavy atom. The molecule has 1 heterocycles. The van der Waals surface area contributed by atoms with Crippen LogP contribution in [0.3, 0.4) is 0 Å². The van der Waals surface area contributed by atoms with Crippen molar-refractivity contribution in [1.82, 2.24) is 0 Å². The topological polar surface area (TPSA) is 46.6 Å². The fourth-order valence-corrected chi connectivity index (χ4v) is 3.21. The van der Waals surface area contributed by atoms with E-state index in [2.05, 4.69) is 0 Å². The molecule has 4 nitrogen and oxygen atoms in total. The van der Waals surface area contributed by atoms with Crippen molar-refractivity contribution in [2.45, 2.75) is 26.6 Å². The van der Waals surface area contributed by atoms with Crippen molar-refractivity contribution in [3.8, 4) is 0 Å². The minimum absolute atomic E-state index is 0.0653. The van der Waals surface area contributed by atoms with E-state index in [9.17, 15) is 27.2 Å². The number of ether oxygens (including phenoxy) is 1. The number of carbonyl (C=O) groups is 2. The Balaban J connectivity index is 1.99. The van der Waals surface area contributed by atoms with Crippen LogP contribution in [0.4, 0.5) is 23.2 Å². The van der Waals surface area contributed by atoms with Crippen LogP contribution in [-0.4, -0.2) is 18.5 Å². The molecule has 29 heavy (non-hydrogen) atoms. The largest absolute Gasteiger partial charge is 0.463 e. The number of esters is 1. The molecule has 0 unspecified atom stereocenters. The molecule has 0 aliphatic carbocycles. The highest BCUT2D eigenvalue weighted by molar-refractivity contribution is 6.10. The Bertz CT molecular complexity index is 1010. The highest BCUT2D eigenvalue weighted by atomic mass is 19.4. The number of allylic oxidation sites excluding steroid dienone is 1. The summed E-state index contributed by atoms with van der Waals surface area (Å²) < 4.78 is 58.8. The molecule has 0 atom stereocenters. The van der Waals surface area contributed by atoms with Gasteiger partial charge in [0.15, 0.2) is 0 Å². The summed E-state index contributed by atoms with van der Waals surface area (Å²) in [7, 11) is 0. The number of fused-ring (bicyclic) bond motifs is 1. The van der Waals surface area contributed by atoms with Crippen LogP contribution in [0, 0.1) is 5.82 Å². The van der Waals surface area contributed by atoms with Gasteiger partial charge in [0.05, 0.1) is 18.7 Å². The van der Waals surface area contributed by atoms with Gasteiger partial charge in [-0.25, -0.2) is 9.18 Å².